The monoisotopic (exact) mass is 250 g/mol. The van der Waals surface area contributed by atoms with Crippen LogP contribution >= 0.6 is 0 Å². The zero-order chi connectivity index (χ0) is 13.1. The molecule has 1 aliphatic carbocycles. The van der Waals surface area contributed by atoms with E-state index in [0.717, 1.165) is 17.9 Å². The maximum Gasteiger partial charge on any atom is 0.122 e. The number of furan rings is 1. The van der Waals surface area contributed by atoms with Crippen LogP contribution in [0, 0.1) is 6.92 Å². The van der Waals surface area contributed by atoms with E-state index in [1.54, 1.807) is 0 Å². The third-order valence-corrected chi connectivity index (χ3v) is 4.27. The highest BCUT2D eigenvalue weighted by Gasteiger charge is 2.31. The van der Waals surface area contributed by atoms with E-state index in [9.17, 15) is 0 Å². The molecule has 3 heteroatoms. The van der Waals surface area contributed by atoms with Crippen molar-refractivity contribution in [3.8, 4) is 0 Å². The molecule has 0 amide bonds. The van der Waals surface area contributed by atoms with Crippen LogP contribution in [0.4, 0.5) is 0 Å². The summed E-state index contributed by atoms with van der Waals surface area (Å²) in [4.78, 5) is 2.44. The lowest BCUT2D eigenvalue weighted by molar-refractivity contribution is 0.130. The quantitative estimate of drug-likeness (QED) is 0.872. The fourth-order valence-corrected chi connectivity index (χ4v) is 3.09. The lowest BCUT2D eigenvalue weighted by Gasteiger charge is -2.35. The Morgan fingerprint density at radius 1 is 1.39 bits per heavy atom. The van der Waals surface area contributed by atoms with Crippen molar-refractivity contribution < 1.29 is 4.42 Å². The summed E-state index contributed by atoms with van der Waals surface area (Å²) >= 11 is 0. The van der Waals surface area contributed by atoms with Crippen LogP contribution in [0.25, 0.3) is 0 Å². The minimum Gasteiger partial charge on any atom is -0.465 e. The van der Waals surface area contributed by atoms with E-state index in [1.165, 1.54) is 25.7 Å². The molecular weight excluding hydrogens is 224 g/mol. The first-order valence-corrected chi connectivity index (χ1v) is 7.17. The van der Waals surface area contributed by atoms with Crippen LogP contribution in [0.2, 0.25) is 0 Å². The number of likely N-dealkylation sites (N-methyl/N-ethyl adjacent to an activating group) is 1. The Bertz CT molecular complexity index is 368. The molecule has 0 aliphatic heterocycles. The van der Waals surface area contributed by atoms with Crippen LogP contribution < -0.4 is 5.73 Å². The number of nitrogens with two attached hydrogens (primary N) is 1. The molecule has 2 unspecified atom stereocenters. The molecule has 0 aromatic carbocycles. The number of aryl methyl sites for hydroxylation is 1. The molecule has 0 spiro atoms. The van der Waals surface area contributed by atoms with E-state index in [2.05, 4.69) is 24.9 Å². The summed E-state index contributed by atoms with van der Waals surface area (Å²) in [6.45, 7) is 4.14. The lowest BCUT2D eigenvalue weighted by Crippen LogP contribution is -2.42. The molecule has 1 saturated carbocycles. The molecule has 102 valence electrons. The van der Waals surface area contributed by atoms with Gasteiger partial charge >= 0.3 is 0 Å². The van der Waals surface area contributed by atoms with Crippen LogP contribution in [0.1, 0.15) is 56.6 Å². The van der Waals surface area contributed by atoms with Crippen molar-refractivity contribution in [2.45, 2.75) is 64.1 Å². The normalized spacial score (nSPS) is 20.5. The first-order valence-electron chi connectivity index (χ1n) is 7.17. The summed E-state index contributed by atoms with van der Waals surface area (Å²) in [5, 5.41) is 0. The van der Waals surface area contributed by atoms with Gasteiger partial charge in [0.25, 0.3) is 0 Å². The van der Waals surface area contributed by atoms with E-state index < -0.39 is 0 Å². The van der Waals surface area contributed by atoms with Gasteiger partial charge in [-0.05, 0) is 45.4 Å². The zero-order valence-electron chi connectivity index (χ0n) is 11.9. The van der Waals surface area contributed by atoms with E-state index >= 15 is 0 Å². The second-order valence-corrected chi connectivity index (χ2v) is 5.57. The SMILES string of the molecule is CCC(N)C(c1ccc(C)o1)N(C)C1CCCC1. The molecular formula is C15H26N2O. The highest BCUT2D eigenvalue weighted by Crippen LogP contribution is 2.32. The predicted molar refractivity (Wildman–Crippen MR) is 74.5 cm³/mol. The summed E-state index contributed by atoms with van der Waals surface area (Å²) < 4.78 is 5.83. The summed E-state index contributed by atoms with van der Waals surface area (Å²) in [7, 11) is 2.20. The second-order valence-electron chi connectivity index (χ2n) is 5.57. The highest BCUT2D eigenvalue weighted by molar-refractivity contribution is 5.12. The van der Waals surface area contributed by atoms with Gasteiger partial charge in [-0.3, -0.25) is 4.90 Å². The highest BCUT2D eigenvalue weighted by atomic mass is 16.3. The molecule has 18 heavy (non-hydrogen) atoms. The molecule has 0 saturated heterocycles. The molecule has 1 fully saturated rings. The molecule has 1 aromatic heterocycles. The lowest BCUT2D eigenvalue weighted by atomic mass is 10.0. The van der Waals surface area contributed by atoms with E-state index in [-0.39, 0.29) is 12.1 Å². The van der Waals surface area contributed by atoms with E-state index in [4.69, 9.17) is 10.2 Å². The molecule has 1 heterocycles. The molecule has 1 aromatic rings. The summed E-state index contributed by atoms with van der Waals surface area (Å²) in [5.41, 5.74) is 6.33. The van der Waals surface area contributed by atoms with Gasteiger partial charge in [-0.2, -0.15) is 0 Å². The number of hydrogen-bond donors (Lipinski definition) is 1. The van der Waals surface area contributed by atoms with Crippen molar-refractivity contribution in [2.75, 3.05) is 7.05 Å². The number of hydrogen-bond acceptors (Lipinski definition) is 3. The number of rotatable bonds is 5. The predicted octanol–water partition coefficient (Wildman–Crippen LogP) is 3.24. The minimum atomic E-state index is 0.140. The summed E-state index contributed by atoms with van der Waals surface area (Å²) in [6, 6.07) is 5.14. The van der Waals surface area contributed by atoms with Gasteiger partial charge in [-0.1, -0.05) is 19.8 Å². The largest absolute Gasteiger partial charge is 0.465 e. The first kappa shape index (κ1) is 13.6. The summed E-state index contributed by atoms with van der Waals surface area (Å²) in [6.07, 6.45) is 6.26. The van der Waals surface area contributed by atoms with Crippen LogP contribution in [-0.4, -0.2) is 24.0 Å². The molecule has 0 radical (unpaired) electrons. The van der Waals surface area contributed by atoms with Crippen molar-refractivity contribution in [2.24, 2.45) is 5.73 Å². The topological polar surface area (TPSA) is 42.4 Å². The van der Waals surface area contributed by atoms with Gasteiger partial charge < -0.3 is 10.2 Å². The van der Waals surface area contributed by atoms with Gasteiger partial charge in [-0.15, -0.1) is 0 Å². The van der Waals surface area contributed by atoms with Gasteiger partial charge in [0.05, 0.1) is 6.04 Å². The molecule has 2 rings (SSSR count). The maximum absolute atomic E-state index is 6.33. The second kappa shape index (κ2) is 5.89. The smallest absolute Gasteiger partial charge is 0.122 e. The summed E-state index contributed by atoms with van der Waals surface area (Å²) in [5.74, 6) is 1.99. The Morgan fingerprint density at radius 3 is 2.56 bits per heavy atom. The van der Waals surface area contributed by atoms with E-state index in [0.29, 0.717) is 6.04 Å². The molecule has 3 nitrogen and oxygen atoms in total. The van der Waals surface area contributed by atoms with Gasteiger partial charge in [0.1, 0.15) is 11.5 Å². The first-order chi connectivity index (χ1) is 8.63. The molecule has 2 N–H and O–H groups in total. The van der Waals surface area contributed by atoms with Crippen molar-refractivity contribution >= 4 is 0 Å². The Hall–Kier alpha value is -0.800. The Balaban J connectivity index is 2.18. The van der Waals surface area contributed by atoms with Gasteiger partial charge in [-0.25, -0.2) is 0 Å². The Morgan fingerprint density at radius 2 is 2.06 bits per heavy atom. The fourth-order valence-electron chi connectivity index (χ4n) is 3.09. The Kier molecular flexibility index (Phi) is 4.46. The minimum absolute atomic E-state index is 0.140. The van der Waals surface area contributed by atoms with E-state index in [1.807, 2.05) is 13.0 Å². The third kappa shape index (κ3) is 2.78. The zero-order valence-corrected chi connectivity index (χ0v) is 11.9. The molecule has 1 aliphatic rings. The van der Waals surface area contributed by atoms with Gasteiger partial charge in [0.2, 0.25) is 0 Å². The molecule has 2 atom stereocenters. The van der Waals surface area contributed by atoms with Gasteiger partial charge in [0, 0.05) is 12.1 Å². The molecule has 0 bridgehead atoms. The average Bonchev–Trinajstić information content (AvgIpc) is 3.00. The Labute approximate surface area is 110 Å². The maximum atomic E-state index is 6.33. The van der Waals surface area contributed by atoms with Crippen molar-refractivity contribution in [3.05, 3.63) is 23.7 Å². The third-order valence-electron chi connectivity index (χ3n) is 4.27. The van der Waals surface area contributed by atoms with Crippen molar-refractivity contribution in [1.29, 1.82) is 0 Å². The van der Waals surface area contributed by atoms with Gasteiger partial charge in [0.15, 0.2) is 0 Å². The van der Waals surface area contributed by atoms with Crippen LogP contribution in [0.5, 0.6) is 0 Å². The van der Waals surface area contributed by atoms with Crippen molar-refractivity contribution in [1.82, 2.24) is 4.90 Å². The van der Waals surface area contributed by atoms with Crippen LogP contribution in [0.15, 0.2) is 16.5 Å². The fraction of sp³-hybridized carbons (Fsp3) is 0.733. The number of nitrogens with zero attached hydrogens (tertiary/aromatic N) is 1. The van der Waals surface area contributed by atoms with Crippen LogP contribution in [0.3, 0.4) is 0 Å². The average molecular weight is 250 g/mol. The van der Waals surface area contributed by atoms with Crippen LogP contribution in [-0.2, 0) is 0 Å². The van der Waals surface area contributed by atoms with Crippen molar-refractivity contribution in [3.63, 3.8) is 0 Å². The standard InChI is InChI=1S/C15H26N2O/c1-4-13(16)15(14-10-9-11(2)18-14)17(3)12-7-5-6-8-12/h9-10,12-13,15H,4-8,16H2,1-3H3.